The van der Waals surface area contributed by atoms with E-state index in [-0.39, 0.29) is 4.90 Å². The van der Waals surface area contributed by atoms with Crippen LogP contribution < -0.4 is 15.6 Å². The smallest absolute Gasteiger partial charge is 0.264 e. The summed E-state index contributed by atoms with van der Waals surface area (Å²) in [6.07, 6.45) is 0. The van der Waals surface area contributed by atoms with Crippen molar-refractivity contribution in [2.24, 2.45) is 5.84 Å². The first-order chi connectivity index (χ1) is 11.4. The van der Waals surface area contributed by atoms with Gasteiger partial charge >= 0.3 is 0 Å². The molecule has 3 N–H and O–H groups in total. The van der Waals surface area contributed by atoms with Gasteiger partial charge in [0, 0.05) is 0 Å². The minimum Gasteiger partial charge on any atom is -0.293 e. The number of benzene rings is 2. The van der Waals surface area contributed by atoms with Crippen molar-refractivity contribution in [3.8, 4) is 0 Å². The number of nitrogens with two attached hydrogens (primary N) is 1. The molecule has 0 saturated carbocycles. The largest absolute Gasteiger partial charge is 0.293 e. The quantitative estimate of drug-likeness (QED) is 0.475. The fourth-order valence-electron chi connectivity index (χ4n) is 2.24. The third-order valence-corrected chi connectivity index (χ3v) is 5.42. The van der Waals surface area contributed by atoms with E-state index in [0.717, 1.165) is 9.87 Å². The molecule has 0 atom stereocenters. The van der Waals surface area contributed by atoms with Crippen LogP contribution in [-0.4, -0.2) is 20.9 Å². The molecule has 0 aromatic heterocycles. The topological polar surface area (TPSA) is 92.5 Å². The molecule has 1 amide bonds. The lowest BCUT2D eigenvalue weighted by atomic mass is 10.0. The van der Waals surface area contributed by atoms with Crippen LogP contribution in [0.1, 0.15) is 25.3 Å². The van der Waals surface area contributed by atoms with E-state index in [0.29, 0.717) is 11.6 Å². The van der Waals surface area contributed by atoms with Gasteiger partial charge in [0.05, 0.1) is 10.6 Å². The average molecular weight is 347 g/mol. The summed E-state index contributed by atoms with van der Waals surface area (Å²) in [5.41, 5.74) is 3.46. The molecule has 0 saturated heterocycles. The minimum absolute atomic E-state index is 0.114. The Labute approximate surface area is 142 Å². The second kappa shape index (κ2) is 7.46. The van der Waals surface area contributed by atoms with Crippen LogP contribution in [0, 0.1) is 0 Å². The van der Waals surface area contributed by atoms with Crippen molar-refractivity contribution in [3.05, 3.63) is 60.2 Å². The Morgan fingerprint density at radius 1 is 1.08 bits per heavy atom. The molecule has 0 bridgehead atoms. The van der Waals surface area contributed by atoms with Crippen LogP contribution in [-0.2, 0) is 14.8 Å². The molecule has 128 valence electrons. The molecule has 0 heterocycles. The highest BCUT2D eigenvalue weighted by atomic mass is 32.2. The normalized spacial score (nSPS) is 11.3. The van der Waals surface area contributed by atoms with Crippen LogP contribution in [0.2, 0.25) is 0 Å². The highest BCUT2D eigenvalue weighted by molar-refractivity contribution is 7.92. The van der Waals surface area contributed by atoms with E-state index in [1.54, 1.807) is 30.3 Å². The second-order valence-electron chi connectivity index (χ2n) is 5.64. The zero-order valence-corrected chi connectivity index (χ0v) is 14.5. The second-order valence-corrected chi connectivity index (χ2v) is 7.50. The Morgan fingerprint density at radius 3 is 2.17 bits per heavy atom. The fourth-order valence-corrected chi connectivity index (χ4v) is 3.68. The molecule has 0 spiro atoms. The van der Waals surface area contributed by atoms with E-state index in [4.69, 9.17) is 5.84 Å². The van der Waals surface area contributed by atoms with E-state index in [2.05, 4.69) is 13.8 Å². The molecule has 0 aliphatic heterocycles. The molecular formula is C17H21N3O3S. The van der Waals surface area contributed by atoms with E-state index >= 15 is 0 Å². The SMILES string of the molecule is CC(C)c1ccc(N(CC(=O)NN)S(=O)(=O)c2ccccc2)cc1. The highest BCUT2D eigenvalue weighted by Gasteiger charge is 2.26. The van der Waals surface area contributed by atoms with Gasteiger partial charge in [0.15, 0.2) is 0 Å². The molecule has 0 aliphatic rings. The number of nitrogens with zero attached hydrogens (tertiary/aromatic N) is 1. The number of carbonyl (C=O) groups excluding carboxylic acids is 1. The zero-order valence-electron chi connectivity index (χ0n) is 13.6. The lowest BCUT2D eigenvalue weighted by Crippen LogP contribution is -2.43. The van der Waals surface area contributed by atoms with Crippen molar-refractivity contribution < 1.29 is 13.2 Å². The van der Waals surface area contributed by atoms with Crippen LogP contribution in [0.5, 0.6) is 0 Å². The number of carbonyl (C=O) groups is 1. The first-order valence-corrected chi connectivity index (χ1v) is 8.97. The number of anilines is 1. The Kier molecular flexibility index (Phi) is 5.58. The first-order valence-electron chi connectivity index (χ1n) is 7.53. The summed E-state index contributed by atoms with van der Waals surface area (Å²) in [6.45, 7) is 3.71. The lowest BCUT2D eigenvalue weighted by Gasteiger charge is -2.24. The molecule has 0 unspecified atom stereocenters. The Hall–Kier alpha value is -2.38. The van der Waals surface area contributed by atoms with Crippen LogP contribution in [0.15, 0.2) is 59.5 Å². The van der Waals surface area contributed by atoms with Gasteiger partial charge in [-0.25, -0.2) is 14.3 Å². The first kappa shape index (κ1) is 18.0. The Balaban J connectivity index is 2.47. The van der Waals surface area contributed by atoms with E-state index < -0.39 is 22.5 Å². The summed E-state index contributed by atoms with van der Waals surface area (Å²) in [5.74, 6) is 4.85. The minimum atomic E-state index is -3.88. The molecule has 0 aliphatic carbocycles. The summed E-state index contributed by atoms with van der Waals surface area (Å²) in [6, 6.07) is 15.1. The molecule has 0 radical (unpaired) electrons. The van der Waals surface area contributed by atoms with Crippen molar-refractivity contribution in [3.63, 3.8) is 0 Å². The summed E-state index contributed by atoms with van der Waals surface area (Å²) in [7, 11) is -3.88. The van der Waals surface area contributed by atoms with Gasteiger partial charge < -0.3 is 0 Å². The van der Waals surface area contributed by atoms with Crippen molar-refractivity contribution in [1.29, 1.82) is 0 Å². The van der Waals surface area contributed by atoms with Gasteiger partial charge in [-0.3, -0.25) is 14.5 Å². The monoisotopic (exact) mass is 347 g/mol. The molecule has 24 heavy (non-hydrogen) atoms. The predicted molar refractivity (Wildman–Crippen MR) is 93.8 cm³/mol. The molecule has 7 heteroatoms. The maximum atomic E-state index is 12.9. The van der Waals surface area contributed by atoms with Crippen molar-refractivity contribution in [1.82, 2.24) is 5.43 Å². The van der Waals surface area contributed by atoms with Crippen LogP contribution in [0.25, 0.3) is 0 Å². The molecule has 2 rings (SSSR count). The van der Waals surface area contributed by atoms with Gasteiger partial charge in [0.2, 0.25) is 0 Å². The summed E-state index contributed by atoms with van der Waals surface area (Å²) in [5, 5.41) is 0. The maximum absolute atomic E-state index is 12.9. The van der Waals surface area contributed by atoms with Crippen LogP contribution in [0.4, 0.5) is 5.69 Å². The number of nitrogens with one attached hydrogen (secondary N) is 1. The number of hydrogen-bond acceptors (Lipinski definition) is 4. The maximum Gasteiger partial charge on any atom is 0.264 e. The Bertz CT molecular complexity index is 788. The molecule has 6 nitrogen and oxygen atoms in total. The third-order valence-electron chi connectivity index (χ3n) is 3.63. The third kappa shape index (κ3) is 3.93. The number of rotatable bonds is 6. The molecular weight excluding hydrogens is 326 g/mol. The Morgan fingerprint density at radius 2 is 1.67 bits per heavy atom. The average Bonchev–Trinajstić information content (AvgIpc) is 2.60. The number of hydrazine groups is 1. The van der Waals surface area contributed by atoms with E-state index in [9.17, 15) is 13.2 Å². The van der Waals surface area contributed by atoms with Crippen molar-refractivity contribution in [2.45, 2.75) is 24.7 Å². The van der Waals surface area contributed by atoms with E-state index in [1.807, 2.05) is 17.6 Å². The van der Waals surface area contributed by atoms with Gasteiger partial charge in [0.1, 0.15) is 6.54 Å². The highest BCUT2D eigenvalue weighted by Crippen LogP contribution is 2.25. The van der Waals surface area contributed by atoms with Crippen LogP contribution in [0.3, 0.4) is 0 Å². The van der Waals surface area contributed by atoms with Gasteiger partial charge in [-0.15, -0.1) is 0 Å². The zero-order chi connectivity index (χ0) is 17.7. The molecule has 2 aromatic carbocycles. The van der Waals surface area contributed by atoms with Crippen LogP contribution >= 0.6 is 0 Å². The number of sulfonamides is 1. The molecule has 0 fully saturated rings. The summed E-state index contributed by atoms with van der Waals surface area (Å²) >= 11 is 0. The van der Waals surface area contributed by atoms with Gasteiger partial charge in [-0.05, 0) is 35.7 Å². The number of hydrogen-bond donors (Lipinski definition) is 2. The van der Waals surface area contributed by atoms with Crippen molar-refractivity contribution >= 4 is 21.6 Å². The predicted octanol–water partition coefficient (Wildman–Crippen LogP) is 2.00. The van der Waals surface area contributed by atoms with Gasteiger partial charge in [-0.2, -0.15) is 0 Å². The fraction of sp³-hybridized carbons (Fsp3) is 0.235. The van der Waals surface area contributed by atoms with Crippen molar-refractivity contribution in [2.75, 3.05) is 10.8 Å². The standard InChI is InChI=1S/C17H21N3O3S/c1-13(2)14-8-10-15(11-9-14)20(12-17(21)19-18)24(22,23)16-6-4-3-5-7-16/h3-11,13H,12,18H2,1-2H3,(H,19,21). The van der Waals surface area contributed by atoms with E-state index in [1.165, 1.54) is 12.1 Å². The molecule has 2 aromatic rings. The number of amides is 1. The van der Waals surface area contributed by atoms with Gasteiger partial charge in [-0.1, -0.05) is 44.2 Å². The summed E-state index contributed by atoms with van der Waals surface area (Å²) < 4.78 is 26.9. The van der Waals surface area contributed by atoms with Gasteiger partial charge in [0.25, 0.3) is 15.9 Å². The lowest BCUT2D eigenvalue weighted by molar-refractivity contribution is -0.119. The summed E-state index contributed by atoms with van der Waals surface area (Å²) in [4.78, 5) is 11.8.